The zero-order valence-corrected chi connectivity index (χ0v) is 10.5. The standard InChI is InChI=1S/C16H22O/c1-2-14(15-9-5-3-6-10-15)13-17-16-11-7-4-8-12-16/h2,4,7-8,11-12,14-15H,1,3,5-6,9-10,13H2. The summed E-state index contributed by atoms with van der Waals surface area (Å²) in [5.74, 6) is 2.26. The van der Waals surface area contributed by atoms with Crippen LogP contribution in [0.5, 0.6) is 5.75 Å². The molecule has 0 heterocycles. The third-order valence-corrected chi connectivity index (χ3v) is 3.74. The fraction of sp³-hybridized carbons (Fsp3) is 0.500. The normalized spacial score (nSPS) is 18.6. The molecule has 92 valence electrons. The third kappa shape index (κ3) is 3.62. The fourth-order valence-corrected chi connectivity index (χ4v) is 2.67. The number of para-hydroxylation sites is 1. The molecular formula is C16H22O. The predicted molar refractivity (Wildman–Crippen MR) is 72.2 cm³/mol. The summed E-state index contributed by atoms with van der Waals surface area (Å²) in [4.78, 5) is 0. The zero-order valence-electron chi connectivity index (χ0n) is 10.5. The molecule has 0 N–H and O–H groups in total. The second-order valence-corrected chi connectivity index (χ2v) is 4.92. The van der Waals surface area contributed by atoms with Crippen LogP contribution < -0.4 is 4.74 Å². The zero-order chi connectivity index (χ0) is 11.9. The molecule has 1 nitrogen and oxygen atoms in total. The lowest BCUT2D eigenvalue weighted by Gasteiger charge is -2.28. The van der Waals surface area contributed by atoms with Crippen molar-refractivity contribution in [1.82, 2.24) is 0 Å². The van der Waals surface area contributed by atoms with Crippen molar-refractivity contribution in [2.24, 2.45) is 11.8 Å². The van der Waals surface area contributed by atoms with E-state index < -0.39 is 0 Å². The molecule has 0 radical (unpaired) electrons. The van der Waals surface area contributed by atoms with Gasteiger partial charge in [-0.25, -0.2) is 0 Å². The highest BCUT2D eigenvalue weighted by Gasteiger charge is 2.21. The lowest BCUT2D eigenvalue weighted by Crippen LogP contribution is -2.22. The summed E-state index contributed by atoms with van der Waals surface area (Å²) in [5.41, 5.74) is 0. The molecule has 1 atom stereocenters. The maximum atomic E-state index is 5.84. The van der Waals surface area contributed by atoms with E-state index in [2.05, 4.69) is 12.7 Å². The van der Waals surface area contributed by atoms with Crippen LogP contribution in [0.3, 0.4) is 0 Å². The summed E-state index contributed by atoms with van der Waals surface area (Å²) in [6.07, 6.45) is 8.92. The van der Waals surface area contributed by atoms with Crippen molar-refractivity contribution in [3.63, 3.8) is 0 Å². The number of hydrogen-bond acceptors (Lipinski definition) is 1. The van der Waals surface area contributed by atoms with E-state index in [1.165, 1.54) is 32.1 Å². The second kappa shape index (κ2) is 6.48. The highest BCUT2D eigenvalue weighted by Crippen LogP contribution is 2.31. The average molecular weight is 230 g/mol. The quantitative estimate of drug-likeness (QED) is 0.679. The number of ether oxygens (including phenoxy) is 1. The van der Waals surface area contributed by atoms with Crippen LogP contribution in [0.1, 0.15) is 32.1 Å². The van der Waals surface area contributed by atoms with Crippen LogP contribution in [0.15, 0.2) is 43.0 Å². The van der Waals surface area contributed by atoms with Crippen LogP contribution in [0, 0.1) is 11.8 Å². The van der Waals surface area contributed by atoms with E-state index in [4.69, 9.17) is 4.74 Å². The van der Waals surface area contributed by atoms with Gasteiger partial charge in [0.15, 0.2) is 0 Å². The van der Waals surface area contributed by atoms with Crippen LogP contribution in [0.25, 0.3) is 0 Å². The number of benzene rings is 1. The molecule has 1 saturated carbocycles. The lowest BCUT2D eigenvalue weighted by atomic mass is 9.80. The van der Waals surface area contributed by atoms with Gasteiger partial charge < -0.3 is 4.74 Å². The van der Waals surface area contributed by atoms with Crippen LogP contribution in [-0.2, 0) is 0 Å². The SMILES string of the molecule is C=CC(COc1ccccc1)C1CCCCC1. The Morgan fingerprint density at radius 1 is 1.18 bits per heavy atom. The smallest absolute Gasteiger partial charge is 0.119 e. The minimum atomic E-state index is 0.510. The van der Waals surface area contributed by atoms with Crippen molar-refractivity contribution in [3.8, 4) is 5.75 Å². The maximum absolute atomic E-state index is 5.84. The van der Waals surface area contributed by atoms with Gasteiger partial charge in [0.05, 0.1) is 6.61 Å². The van der Waals surface area contributed by atoms with Gasteiger partial charge in [0.1, 0.15) is 5.75 Å². The van der Waals surface area contributed by atoms with Gasteiger partial charge in [-0.05, 0) is 30.9 Å². The third-order valence-electron chi connectivity index (χ3n) is 3.74. The Hall–Kier alpha value is -1.24. The Labute approximate surface area is 104 Å². The van der Waals surface area contributed by atoms with Crippen molar-refractivity contribution in [3.05, 3.63) is 43.0 Å². The average Bonchev–Trinajstić information content (AvgIpc) is 2.42. The van der Waals surface area contributed by atoms with Crippen molar-refractivity contribution in [1.29, 1.82) is 0 Å². The van der Waals surface area contributed by atoms with Gasteiger partial charge in [-0.1, -0.05) is 43.5 Å². The molecule has 0 bridgehead atoms. The maximum Gasteiger partial charge on any atom is 0.119 e. The largest absolute Gasteiger partial charge is 0.493 e. The van der Waals surface area contributed by atoms with E-state index >= 15 is 0 Å². The van der Waals surface area contributed by atoms with E-state index in [-0.39, 0.29) is 0 Å². The lowest BCUT2D eigenvalue weighted by molar-refractivity contribution is 0.195. The molecule has 0 amide bonds. The van der Waals surface area contributed by atoms with E-state index in [0.717, 1.165) is 18.3 Å². The molecule has 1 aliphatic carbocycles. The molecule has 1 heteroatoms. The van der Waals surface area contributed by atoms with E-state index in [9.17, 15) is 0 Å². The van der Waals surface area contributed by atoms with E-state index in [1.807, 2.05) is 30.3 Å². The highest BCUT2D eigenvalue weighted by atomic mass is 16.5. The van der Waals surface area contributed by atoms with Crippen LogP contribution in [0.4, 0.5) is 0 Å². The first-order valence-corrected chi connectivity index (χ1v) is 6.70. The molecule has 0 aliphatic heterocycles. The minimum absolute atomic E-state index is 0.510. The molecule has 0 aromatic heterocycles. The summed E-state index contributed by atoms with van der Waals surface area (Å²) < 4.78 is 5.84. The van der Waals surface area contributed by atoms with Gasteiger partial charge >= 0.3 is 0 Å². The van der Waals surface area contributed by atoms with Gasteiger partial charge in [0.2, 0.25) is 0 Å². The molecule has 0 spiro atoms. The molecule has 0 saturated heterocycles. The predicted octanol–water partition coefficient (Wildman–Crippen LogP) is 4.45. The Kier molecular flexibility index (Phi) is 4.66. The molecule has 1 aliphatic rings. The molecule has 1 aromatic carbocycles. The van der Waals surface area contributed by atoms with Crippen LogP contribution >= 0.6 is 0 Å². The molecule has 1 fully saturated rings. The summed E-state index contributed by atoms with van der Waals surface area (Å²) in [6, 6.07) is 10.1. The van der Waals surface area contributed by atoms with E-state index in [0.29, 0.717) is 5.92 Å². The first kappa shape index (κ1) is 12.2. The van der Waals surface area contributed by atoms with Gasteiger partial charge in [-0.2, -0.15) is 0 Å². The van der Waals surface area contributed by atoms with Gasteiger partial charge in [0, 0.05) is 5.92 Å². The molecule has 1 unspecified atom stereocenters. The van der Waals surface area contributed by atoms with Crippen LogP contribution in [-0.4, -0.2) is 6.61 Å². The fourth-order valence-electron chi connectivity index (χ4n) is 2.67. The highest BCUT2D eigenvalue weighted by molar-refractivity contribution is 5.21. The number of rotatable bonds is 5. The van der Waals surface area contributed by atoms with Gasteiger partial charge in [-0.15, -0.1) is 6.58 Å². The minimum Gasteiger partial charge on any atom is -0.493 e. The topological polar surface area (TPSA) is 9.23 Å². The second-order valence-electron chi connectivity index (χ2n) is 4.92. The summed E-state index contributed by atoms with van der Waals surface area (Å²) in [7, 11) is 0. The molecule has 1 aromatic rings. The first-order chi connectivity index (χ1) is 8.40. The van der Waals surface area contributed by atoms with E-state index in [1.54, 1.807) is 0 Å². The Morgan fingerprint density at radius 3 is 2.53 bits per heavy atom. The van der Waals surface area contributed by atoms with Gasteiger partial charge in [0.25, 0.3) is 0 Å². The monoisotopic (exact) mass is 230 g/mol. The van der Waals surface area contributed by atoms with Crippen molar-refractivity contribution < 1.29 is 4.74 Å². The molecular weight excluding hydrogens is 208 g/mol. The molecule has 2 rings (SSSR count). The molecule has 17 heavy (non-hydrogen) atoms. The van der Waals surface area contributed by atoms with Crippen LogP contribution in [0.2, 0.25) is 0 Å². The van der Waals surface area contributed by atoms with Crippen molar-refractivity contribution in [2.75, 3.05) is 6.61 Å². The van der Waals surface area contributed by atoms with Crippen molar-refractivity contribution >= 4 is 0 Å². The summed E-state index contributed by atoms with van der Waals surface area (Å²) in [5, 5.41) is 0. The van der Waals surface area contributed by atoms with Gasteiger partial charge in [-0.3, -0.25) is 0 Å². The summed E-state index contributed by atoms with van der Waals surface area (Å²) in [6.45, 7) is 4.74. The summed E-state index contributed by atoms with van der Waals surface area (Å²) >= 11 is 0. The Bertz CT molecular complexity index is 325. The Morgan fingerprint density at radius 2 is 1.88 bits per heavy atom. The number of hydrogen-bond donors (Lipinski definition) is 0. The Balaban J connectivity index is 1.85. The van der Waals surface area contributed by atoms with Crippen molar-refractivity contribution in [2.45, 2.75) is 32.1 Å². The first-order valence-electron chi connectivity index (χ1n) is 6.70.